The molecule has 3 atom stereocenters. The maximum Gasteiger partial charge on any atom is 0.243 e. The van der Waals surface area contributed by atoms with Crippen LogP contribution in [0.4, 0.5) is 0 Å². The van der Waals surface area contributed by atoms with Crippen LogP contribution in [0.3, 0.4) is 0 Å². The lowest BCUT2D eigenvalue weighted by Crippen LogP contribution is -2.56. The topological polar surface area (TPSA) is 168 Å². The zero-order valence-corrected chi connectivity index (χ0v) is 17.1. The average molecular weight is 399 g/mol. The molecule has 0 unspecified atom stereocenters. The van der Waals surface area contributed by atoms with Gasteiger partial charge in [0.1, 0.15) is 18.1 Å². The smallest absolute Gasteiger partial charge is 0.243 e. The summed E-state index contributed by atoms with van der Waals surface area (Å²) < 4.78 is 0. The molecule has 0 aromatic heterocycles. The number of nitrogens with two attached hydrogens (primary N) is 2. The van der Waals surface area contributed by atoms with Gasteiger partial charge in [0.25, 0.3) is 0 Å². The normalized spacial score (nSPS) is 13.8. The summed E-state index contributed by atoms with van der Waals surface area (Å²) in [7, 11) is 0. The summed E-state index contributed by atoms with van der Waals surface area (Å²) >= 11 is 0. The van der Waals surface area contributed by atoms with Crippen molar-refractivity contribution in [2.75, 3.05) is 6.54 Å². The van der Waals surface area contributed by atoms with E-state index in [9.17, 15) is 19.2 Å². The number of carbonyl (C=O) groups excluding carboxylic acids is 4. The van der Waals surface area contributed by atoms with Crippen molar-refractivity contribution in [3.63, 3.8) is 0 Å². The van der Waals surface area contributed by atoms with E-state index in [0.717, 1.165) is 0 Å². The molecule has 0 saturated heterocycles. The fourth-order valence-corrected chi connectivity index (χ4v) is 2.43. The first-order valence-corrected chi connectivity index (χ1v) is 9.29. The fourth-order valence-electron chi connectivity index (χ4n) is 2.43. The Labute approximate surface area is 166 Å². The van der Waals surface area contributed by atoms with E-state index in [4.69, 9.17) is 11.5 Å². The summed E-state index contributed by atoms with van der Waals surface area (Å²) in [5.74, 6) is -1.56. The third-order valence-electron chi connectivity index (χ3n) is 3.84. The lowest BCUT2D eigenvalue weighted by molar-refractivity contribution is -0.133. The zero-order valence-electron chi connectivity index (χ0n) is 17.1. The molecule has 0 fully saturated rings. The molecule has 0 aliphatic rings. The van der Waals surface area contributed by atoms with E-state index >= 15 is 0 Å². The maximum absolute atomic E-state index is 12.6. The average Bonchev–Trinajstić information content (AvgIpc) is 2.55. The van der Waals surface area contributed by atoms with Gasteiger partial charge in [0.15, 0.2) is 0 Å². The van der Waals surface area contributed by atoms with Crippen LogP contribution in [0.2, 0.25) is 0 Å². The predicted molar refractivity (Wildman–Crippen MR) is 106 cm³/mol. The van der Waals surface area contributed by atoms with Crippen LogP contribution >= 0.6 is 0 Å². The van der Waals surface area contributed by atoms with Crippen LogP contribution in [-0.2, 0) is 19.2 Å². The molecule has 0 saturated carbocycles. The first-order chi connectivity index (χ1) is 12.9. The van der Waals surface area contributed by atoms with Crippen LogP contribution in [0.15, 0.2) is 12.4 Å². The van der Waals surface area contributed by atoms with Crippen LogP contribution in [-0.4, -0.2) is 48.3 Å². The Hall–Kier alpha value is -2.78. The molecule has 0 aliphatic heterocycles. The fraction of sp³-hybridized carbons (Fsp3) is 0.667. The number of rotatable bonds is 13. The first-order valence-electron chi connectivity index (χ1n) is 9.29. The molecule has 10 nitrogen and oxygen atoms in total. The van der Waals surface area contributed by atoms with Gasteiger partial charge in [-0.15, -0.1) is 0 Å². The lowest BCUT2D eigenvalue weighted by atomic mass is 10.0. The first kappa shape index (κ1) is 25.2. The van der Waals surface area contributed by atoms with Crippen molar-refractivity contribution in [2.24, 2.45) is 17.4 Å². The summed E-state index contributed by atoms with van der Waals surface area (Å²) in [6.07, 6.45) is 1.22. The van der Waals surface area contributed by atoms with Crippen LogP contribution < -0.4 is 32.7 Å². The second kappa shape index (κ2) is 12.6. The number of carbonyl (C=O) groups is 4. The molecule has 28 heavy (non-hydrogen) atoms. The second-order valence-corrected chi connectivity index (χ2v) is 7.17. The zero-order chi connectivity index (χ0) is 21.9. The number of amides is 4. The number of hydrogen-bond donors (Lipinski definition) is 6. The summed E-state index contributed by atoms with van der Waals surface area (Å²) in [6, 6.07) is -2.54. The summed E-state index contributed by atoms with van der Waals surface area (Å²) in [5.41, 5.74) is 10.6. The van der Waals surface area contributed by atoms with Crippen molar-refractivity contribution in [1.29, 1.82) is 0 Å². The van der Waals surface area contributed by atoms with Gasteiger partial charge >= 0.3 is 0 Å². The molecule has 0 rings (SSSR count). The molecule has 0 bridgehead atoms. The Morgan fingerprint density at radius 2 is 1.50 bits per heavy atom. The van der Waals surface area contributed by atoms with E-state index < -0.39 is 35.8 Å². The highest BCUT2D eigenvalue weighted by Crippen LogP contribution is 2.07. The highest BCUT2D eigenvalue weighted by molar-refractivity contribution is 5.93. The van der Waals surface area contributed by atoms with Crippen molar-refractivity contribution in [3.8, 4) is 0 Å². The molecule has 0 radical (unpaired) electrons. The maximum atomic E-state index is 12.6. The van der Waals surface area contributed by atoms with E-state index in [-0.39, 0.29) is 18.2 Å². The minimum absolute atomic E-state index is 0.157. The molecule has 0 aromatic carbocycles. The van der Waals surface area contributed by atoms with Gasteiger partial charge in [-0.1, -0.05) is 20.4 Å². The van der Waals surface area contributed by atoms with Gasteiger partial charge in [-0.2, -0.15) is 0 Å². The number of hydrogen-bond acceptors (Lipinski definition) is 6. The Morgan fingerprint density at radius 1 is 0.929 bits per heavy atom. The van der Waals surface area contributed by atoms with Crippen LogP contribution in [0.5, 0.6) is 0 Å². The van der Waals surface area contributed by atoms with E-state index in [1.165, 1.54) is 13.8 Å². The molecule has 4 amide bonds. The number of primary amides is 1. The standard InChI is InChI=1S/C18H34N6O4/c1-10(2)9-15(23-13(5)25)18(28)24-14(7-6-8-21-12(4)19)17(27)22-11(3)16(20)26/h10-11,14-15,21H,4,6-9,19H2,1-3,5H3,(H2,20,26)(H,22,27)(H,23,25)(H,24,28)/t11-,14-,15-/m0/s1. The molecular formula is C18H34N6O4. The van der Waals surface area contributed by atoms with Crippen molar-refractivity contribution in [2.45, 2.75) is 65.1 Å². The summed E-state index contributed by atoms with van der Waals surface area (Å²) in [4.78, 5) is 47.8. The summed E-state index contributed by atoms with van der Waals surface area (Å²) in [5, 5.41) is 10.6. The van der Waals surface area contributed by atoms with Crippen LogP contribution in [0.1, 0.15) is 47.0 Å². The van der Waals surface area contributed by atoms with Crippen LogP contribution in [0, 0.1) is 5.92 Å². The molecule has 0 aliphatic carbocycles. The van der Waals surface area contributed by atoms with Gasteiger partial charge in [0.05, 0.1) is 5.82 Å². The molecule has 0 heterocycles. The molecule has 160 valence electrons. The van der Waals surface area contributed by atoms with Gasteiger partial charge < -0.3 is 32.7 Å². The third-order valence-corrected chi connectivity index (χ3v) is 3.84. The Balaban J connectivity index is 5.14. The van der Waals surface area contributed by atoms with E-state index in [1.54, 1.807) is 0 Å². The van der Waals surface area contributed by atoms with Crippen molar-refractivity contribution < 1.29 is 19.2 Å². The molecular weight excluding hydrogens is 364 g/mol. The molecule has 0 spiro atoms. The minimum Gasteiger partial charge on any atom is -0.386 e. The molecule has 10 heteroatoms. The van der Waals surface area contributed by atoms with Gasteiger partial charge in [-0.3, -0.25) is 19.2 Å². The van der Waals surface area contributed by atoms with Crippen molar-refractivity contribution >= 4 is 23.6 Å². The lowest BCUT2D eigenvalue weighted by Gasteiger charge is -2.24. The highest BCUT2D eigenvalue weighted by Gasteiger charge is 2.27. The van der Waals surface area contributed by atoms with E-state index in [2.05, 4.69) is 27.8 Å². The van der Waals surface area contributed by atoms with Gasteiger partial charge in [-0.05, 0) is 32.1 Å². The SMILES string of the molecule is C=C(N)NCCC[C@H](NC(=O)[C@H](CC(C)C)NC(C)=O)C(=O)N[C@@H](C)C(N)=O. The van der Waals surface area contributed by atoms with Crippen molar-refractivity contribution in [1.82, 2.24) is 21.3 Å². The highest BCUT2D eigenvalue weighted by atomic mass is 16.2. The van der Waals surface area contributed by atoms with Gasteiger partial charge in [0, 0.05) is 13.5 Å². The second-order valence-electron chi connectivity index (χ2n) is 7.17. The minimum atomic E-state index is -0.898. The Kier molecular flexibility index (Phi) is 11.3. The largest absolute Gasteiger partial charge is 0.386 e. The molecule has 0 aromatic rings. The third kappa shape index (κ3) is 11.0. The van der Waals surface area contributed by atoms with Crippen molar-refractivity contribution in [3.05, 3.63) is 12.4 Å². The Morgan fingerprint density at radius 3 is 1.96 bits per heavy atom. The van der Waals surface area contributed by atoms with E-state index in [1.807, 2.05) is 13.8 Å². The number of nitrogens with one attached hydrogen (secondary N) is 4. The van der Waals surface area contributed by atoms with Crippen LogP contribution in [0.25, 0.3) is 0 Å². The van der Waals surface area contributed by atoms with E-state index in [0.29, 0.717) is 25.2 Å². The molecule has 8 N–H and O–H groups in total. The predicted octanol–water partition coefficient (Wildman–Crippen LogP) is -1.19. The Bertz CT molecular complexity index is 578. The van der Waals surface area contributed by atoms with Gasteiger partial charge in [0.2, 0.25) is 23.6 Å². The van der Waals surface area contributed by atoms with Gasteiger partial charge in [-0.25, -0.2) is 0 Å². The monoisotopic (exact) mass is 398 g/mol. The summed E-state index contributed by atoms with van der Waals surface area (Å²) in [6.45, 7) is 10.6. The quantitative estimate of drug-likeness (QED) is 0.213.